The van der Waals surface area contributed by atoms with Crippen LogP contribution in [0.25, 0.3) is 0 Å². The molecule has 1 aromatic heterocycles. The van der Waals surface area contributed by atoms with E-state index in [0.717, 1.165) is 19.3 Å². The van der Waals surface area contributed by atoms with E-state index in [1.807, 2.05) is 14.1 Å². The fraction of sp³-hybridized carbons (Fsp3) is 0.538. The van der Waals surface area contributed by atoms with Gasteiger partial charge in [-0.2, -0.15) is 0 Å². The summed E-state index contributed by atoms with van der Waals surface area (Å²) in [5, 5.41) is 0. The molecule has 0 amide bonds. The van der Waals surface area contributed by atoms with E-state index in [0.29, 0.717) is 17.3 Å². The van der Waals surface area contributed by atoms with Crippen molar-refractivity contribution in [1.82, 2.24) is 14.9 Å². The Kier molecular flexibility index (Phi) is 5.92. The number of aryl methyl sites for hydroxylation is 1. The first-order valence-corrected chi connectivity index (χ1v) is 6.38. The second kappa shape index (κ2) is 7.45. The highest BCUT2D eigenvalue weighted by molar-refractivity contribution is 5.64. The molecule has 0 bridgehead atoms. The zero-order chi connectivity index (χ0) is 14.3. The molecule has 0 aliphatic carbocycles. The van der Waals surface area contributed by atoms with Gasteiger partial charge in [0.25, 0.3) is 5.56 Å². The number of aromatic nitrogens is 2. The van der Waals surface area contributed by atoms with Crippen LogP contribution in [0.15, 0.2) is 14.8 Å². The number of hydrogen-bond donors (Lipinski definition) is 1. The number of H-pyrrole nitrogens is 1. The largest absolute Gasteiger partial charge is 0.369 e. The lowest BCUT2D eigenvalue weighted by atomic mass is 10.3. The van der Waals surface area contributed by atoms with Crippen molar-refractivity contribution in [3.8, 4) is 0 Å². The molecule has 0 radical (unpaired) electrons. The maximum absolute atomic E-state index is 11.9. The topological polar surface area (TPSA) is 73.7 Å². The van der Waals surface area contributed by atoms with Crippen LogP contribution < -0.4 is 5.56 Å². The second-order valence-electron chi connectivity index (χ2n) is 4.49. The van der Waals surface area contributed by atoms with Gasteiger partial charge in [0.1, 0.15) is 5.69 Å². The zero-order valence-corrected chi connectivity index (χ0v) is 12.0. The minimum atomic E-state index is -0.258. The zero-order valence-electron chi connectivity index (χ0n) is 12.0. The van der Waals surface area contributed by atoms with Gasteiger partial charge in [-0.15, -0.1) is 0 Å². The smallest absolute Gasteiger partial charge is 0.278 e. The highest BCUT2D eigenvalue weighted by atomic mass is 16.1. The van der Waals surface area contributed by atoms with Crippen molar-refractivity contribution in [3.05, 3.63) is 16.0 Å². The van der Waals surface area contributed by atoms with Gasteiger partial charge >= 0.3 is 0 Å². The van der Waals surface area contributed by atoms with Crippen molar-refractivity contribution in [2.45, 2.75) is 33.1 Å². The Labute approximate surface area is 113 Å². The minimum absolute atomic E-state index is 0.258. The van der Waals surface area contributed by atoms with Crippen molar-refractivity contribution in [1.29, 1.82) is 0 Å². The average Bonchev–Trinajstić information content (AvgIpc) is 2.34. The maximum atomic E-state index is 11.9. The molecule has 0 atom stereocenters. The van der Waals surface area contributed by atoms with Crippen LogP contribution in [0.5, 0.6) is 0 Å². The van der Waals surface area contributed by atoms with Crippen LogP contribution in [-0.4, -0.2) is 41.5 Å². The number of aromatic amines is 1. The SMILES string of the molecule is CCCC/C=N\c1c(C)nc(/N=C/N(C)C)[nH]c1=O. The summed E-state index contributed by atoms with van der Waals surface area (Å²) in [5.74, 6) is 0.295. The third-order valence-corrected chi connectivity index (χ3v) is 2.37. The van der Waals surface area contributed by atoms with Crippen LogP contribution in [0.2, 0.25) is 0 Å². The fourth-order valence-corrected chi connectivity index (χ4v) is 1.40. The number of nitrogens with zero attached hydrogens (tertiary/aromatic N) is 4. The normalized spacial score (nSPS) is 11.6. The second-order valence-corrected chi connectivity index (χ2v) is 4.49. The van der Waals surface area contributed by atoms with Gasteiger partial charge in [0.15, 0.2) is 0 Å². The standard InChI is InChI=1S/C13H21N5O/c1-5-6-7-8-14-11-10(2)16-13(17-12(11)19)15-9-18(3)4/h8-9H,5-7H2,1-4H3,(H,16,17,19)/b14-8-,15-9+. The maximum Gasteiger partial charge on any atom is 0.278 e. The summed E-state index contributed by atoms with van der Waals surface area (Å²) in [6.07, 6.45) is 6.40. The third-order valence-electron chi connectivity index (χ3n) is 2.37. The molecule has 6 nitrogen and oxygen atoms in total. The van der Waals surface area contributed by atoms with E-state index in [1.165, 1.54) is 0 Å². The molecular formula is C13H21N5O. The molecule has 104 valence electrons. The summed E-state index contributed by atoms with van der Waals surface area (Å²) >= 11 is 0. The molecule has 1 heterocycles. The van der Waals surface area contributed by atoms with Crippen LogP contribution in [0.4, 0.5) is 11.6 Å². The van der Waals surface area contributed by atoms with Gasteiger partial charge in [-0.05, 0) is 19.8 Å². The van der Waals surface area contributed by atoms with E-state index in [9.17, 15) is 4.79 Å². The molecule has 6 heteroatoms. The summed E-state index contributed by atoms with van der Waals surface area (Å²) in [6, 6.07) is 0. The molecule has 0 aliphatic rings. The fourth-order valence-electron chi connectivity index (χ4n) is 1.40. The van der Waals surface area contributed by atoms with Crippen molar-refractivity contribution in [2.75, 3.05) is 14.1 Å². The molecule has 1 aromatic rings. The number of aliphatic imine (C=N–C) groups is 2. The van der Waals surface area contributed by atoms with Gasteiger partial charge in [-0.25, -0.2) is 9.98 Å². The van der Waals surface area contributed by atoms with Gasteiger partial charge in [0.2, 0.25) is 5.95 Å². The average molecular weight is 263 g/mol. The molecule has 1 rings (SSSR count). The Hall–Kier alpha value is -1.98. The number of rotatable bonds is 6. The number of hydrogen-bond acceptors (Lipinski definition) is 4. The van der Waals surface area contributed by atoms with Crippen molar-refractivity contribution < 1.29 is 0 Å². The molecule has 0 fully saturated rings. The summed E-state index contributed by atoms with van der Waals surface area (Å²) in [4.78, 5) is 28.7. The Morgan fingerprint density at radius 3 is 2.68 bits per heavy atom. The van der Waals surface area contributed by atoms with E-state index in [-0.39, 0.29) is 5.56 Å². The van der Waals surface area contributed by atoms with E-state index in [2.05, 4.69) is 26.9 Å². The summed E-state index contributed by atoms with van der Waals surface area (Å²) in [7, 11) is 3.70. The van der Waals surface area contributed by atoms with E-state index in [1.54, 1.807) is 24.4 Å². The number of nitrogens with one attached hydrogen (secondary N) is 1. The highest BCUT2D eigenvalue weighted by Crippen LogP contribution is 2.12. The van der Waals surface area contributed by atoms with E-state index >= 15 is 0 Å². The Morgan fingerprint density at radius 2 is 2.11 bits per heavy atom. The van der Waals surface area contributed by atoms with Crippen LogP contribution in [0, 0.1) is 6.92 Å². The molecule has 0 unspecified atom stereocenters. The molecule has 0 saturated carbocycles. The van der Waals surface area contributed by atoms with Crippen molar-refractivity contribution in [2.24, 2.45) is 9.98 Å². The van der Waals surface area contributed by atoms with Crippen LogP contribution in [0.1, 0.15) is 31.9 Å². The predicted octanol–water partition coefficient (Wildman–Crippen LogP) is 2.19. The molecule has 19 heavy (non-hydrogen) atoms. The quantitative estimate of drug-likeness (QED) is 0.485. The predicted molar refractivity (Wildman–Crippen MR) is 79.1 cm³/mol. The molecule has 0 saturated heterocycles. The third kappa shape index (κ3) is 5.03. The molecule has 0 spiro atoms. The number of unbranched alkanes of at least 4 members (excludes halogenated alkanes) is 2. The van der Waals surface area contributed by atoms with Crippen LogP contribution in [-0.2, 0) is 0 Å². The van der Waals surface area contributed by atoms with E-state index < -0.39 is 0 Å². The lowest BCUT2D eigenvalue weighted by Crippen LogP contribution is -2.11. The Morgan fingerprint density at radius 1 is 1.37 bits per heavy atom. The Bertz CT molecular complexity index is 516. The van der Waals surface area contributed by atoms with Crippen LogP contribution in [0.3, 0.4) is 0 Å². The van der Waals surface area contributed by atoms with Gasteiger partial charge in [-0.3, -0.25) is 14.8 Å². The first kappa shape index (κ1) is 15.1. The molecule has 0 aromatic carbocycles. The van der Waals surface area contributed by atoms with Gasteiger partial charge in [0.05, 0.1) is 12.0 Å². The van der Waals surface area contributed by atoms with Crippen LogP contribution >= 0.6 is 0 Å². The van der Waals surface area contributed by atoms with Crippen molar-refractivity contribution >= 4 is 24.2 Å². The first-order chi connectivity index (χ1) is 9.04. The molecular weight excluding hydrogens is 242 g/mol. The monoisotopic (exact) mass is 263 g/mol. The summed E-state index contributed by atoms with van der Waals surface area (Å²) < 4.78 is 0. The lowest BCUT2D eigenvalue weighted by molar-refractivity contribution is 0.642. The molecule has 1 N–H and O–H groups in total. The summed E-state index contributed by atoms with van der Waals surface area (Å²) in [5.41, 5.74) is 0.688. The van der Waals surface area contributed by atoms with Gasteiger partial charge < -0.3 is 4.90 Å². The lowest BCUT2D eigenvalue weighted by Gasteiger charge is -2.03. The Balaban J connectivity index is 2.92. The van der Waals surface area contributed by atoms with E-state index in [4.69, 9.17) is 0 Å². The minimum Gasteiger partial charge on any atom is -0.369 e. The molecule has 0 aliphatic heterocycles. The van der Waals surface area contributed by atoms with Gasteiger partial charge in [0, 0.05) is 20.3 Å². The van der Waals surface area contributed by atoms with Gasteiger partial charge in [-0.1, -0.05) is 13.3 Å². The highest BCUT2D eigenvalue weighted by Gasteiger charge is 2.05. The first-order valence-electron chi connectivity index (χ1n) is 6.38. The van der Waals surface area contributed by atoms with Crippen molar-refractivity contribution in [3.63, 3.8) is 0 Å². The summed E-state index contributed by atoms with van der Waals surface area (Å²) in [6.45, 7) is 3.88.